The predicted octanol–water partition coefficient (Wildman–Crippen LogP) is 4.17. The van der Waals surface area contributed by atoms with Crippen LogP contribution < -0.4 is 15.0 Å². The smallest absolute Gasteiger partial charge is 0.297 e. The molecule has 0 saturated carbocycles. The van der Waals surface area contributed by atoms with Crippen LogP contribution in [0.5, 0.6) is 11.5 Å². The Morgan fingerprint density at radius 1 is 1.03 bits per heavy atom. The number of fused-ring (bicyclic) bond motifs is 3. The lowest BCUT2D eigenvalue weighted by Gasteiger charge is -2.07. The molecule has 156 valence electrons. The summed E-state index contributed by atoms with van der Waals surface area (Å²) in [6.07, 6.45) is 1.51. The van der Waals surface area contributed by atoms with E-state index in [-0.39, 0.29) is 17.7 Å². The van der Waals surface area contributed by atoms with Gasteiger partial charge in [-0.25, -0.2) is 9.97 Å². The first-order valence-corrected chi connectivity index (χ1v) is 9.64. The zero-order chi connectivity index (χ0) is 21.5. The summed E-state index contributed by atoms with van der Waals surface area (Å²) < 4.78 is 23.7. The molecule has 0 unspecified atom stereocenters. The zero-order valence-corrected chi connectivity index (χ0v) is 17.2. The van der Waals surface area contributed by atoms with Gasteiger partial charge in [-0.05, 0) is 37.3 Å². The van der Waals surface area contributed by atoms with Gasteiger partial charge in [0, 0.05) is 10.9 Å². The number of aromatic nitrogens is 3. The summed E-state index contributed by atoms with van der Waals surface area (Å²) in [5.74, 6) is 2.24. The Kier molecular flexibility index (Phi) is 4.47. The lowest BCUT2D eigenvalue weighted by molar-refractivity contribution is 0.355. The first-order valence-electron chi connectivity index (χ1n) is 9.64. The molecule has 0 aliphatic heterocycles. The minimum absolute atomic E-state index is 0.210. The molecule has 0 radical (unpaired) electrons. The molecule has 0 aliphatic carbocycles. The molecule has 0 spiro atoms. The van der Waals surface area contributed by atoms with Crippen LogP contribution in [0.3, 0.4) is 0 Å². The van der Waals surface area contributed by atoms with Crippen LogP contribution in [0.25, 0.3) is 33.5 Å². The second-order valence-electron chi connectivity index (χ2n) is 7.05. The molecule has 3 heterocycles. The van der Waals surface area contributed by atoms with Crippen molar-refractivity contribution in [1.82, 2.24) is 14.5 Å². The summed E-state index contributed by atoms with van der Waals surface area (Å²) in [6, 6.07) is 12.9. The van der Waals surface area contributed by atoms with Crippen molar-refractivity contribution in [1.29, 1.82) is 0 Å². The molecule has 3 aromatic heterocycles. The zero-order valence-electron chi connectivity index (χ0n) is 17.2. The largest absolute Gasteiger partial charge is 0.493 e. The molecule has 0 amide bonds. The maximum atomic E-state index is 13.0. The van der Waals surface area contributed by atoms with E-state index in [1.165, 1.54) is 10.9 Å². The van der Waals surface area contributed by atoms with E-state index >= 15 is 0 Å². The predicted molar refractivity (Wildman–Crippen MR) is 115 cm³/mol. The van der Waals surface area contributed by atoms with E-state index in [1.807, 2.05) is 37.3 Å². The highest BCUT2D eigenvalue weighted by Gasteiger charge is 2.17. The van der Waals surface area contributed by atoms with Gasteiger partial charge < -0.3 is 18.3 Å². The second kappa shape index (κ2) is 7.32. The SMILES string of the molecule is COc1ccc(-c2nc(Cn3cnc4c(oc5ccccc54)c3=O)c(C)o2)cc1OC. The summed E-state index contributed by atoms with van der Waals surface area (Å²) in [7, 11) is 3.15. The number of hydrogen-bond acceptors (Lipinski definition) is 7. The van der Waals surface area contributed by atoms with E-state index in [9.17, 15) is 4.79 Å². The number of aryl methyl sites for hydroxylation is 1. The number of methoxy groups -OCH3 is 2. The van der Waals surface area contributed by atoms with Crippen molar-refractivity contribution in [2.24, 2.45) is 0 Å². The lowest BCUT2D eigenvalue weighted by Crippen LogP contribution is -2.21. The average Bonchev–Trinajstić information content (AvgIpc) is 3.36. The van der Waals surface area contributed by atoms with Gasteiger partial charge in [-0.3, -0.25) is 9.36 Å². The van der Waals surface area contributed by atoms with Crippen molar-refractivity contribution >= 4 is 22.1 Å². The van der Waals surface area contributed by atoms with E-state index in [2.05, 4.69) is 9.97 Å². The minimum Gasteiger partial charge on any atom is -0.493 e. The normalized spacial score (nSPS) is 11.3. The van der Waals surface area contributed by atoms with Crippen LogP contribution in [0.2, 0.25) is 0 Å². The molecule has 0 saturated heterocycles. The van der Waals surface area contributed by atoms with Crippen LogP contribution in [0.15, 0.2) is 62.4 Å². The Morgan fingerprint density at radius 2 is 1.84 bits per heavy atom. The van der Waals surface area contributed by atoms with E-state index in [0.29, 0.717) is 39.9 Å². The third-order valence-electron chi connectivity index (χ3n) is 5.19. The molecule has 5 rings (SSSR count). The summed E-state index contributed by atoms with van der Waals surface area (Å²) in [5.41, 5.74) is 2.52. The van der Waals surface area contributed by atoms with E-state index in [1.54, 1.807) is 26.4 Å². The number of furan rings is 1. The summed E-state index contributed by atoms with van der Waals surface area (Å²) in [5, 5.41) is 0.815. The molecule has 0 aliphatic rings. The first-order chi connectivity index (χ1) is 15.1. The van der Waals surface area contributed by atoms with Gasteiger partial charge in [0.1, 0.15) is 22.6 Å². The monoisotopic (exact) mass is 417 g/mol. The third kappa shape index (κ3) is 3.13. The van der Waals surface area contributed by atoms with Gasteiger partial charge in [-0.15, -0.1) is 0 Å². The first kappa shape index (κ1) is 18.9. The Labute approximate surface area is 176 Å². The van der Waals surface area contributed by atoms with Crippen LogP contribution in [-0.2, 0) is 6.54 Å². The Hall–Kier alpha value is -4.07. The minimum atomic E-state index is -0.267. The molecule has 0 N–H and O–H groups in total. The van der Waals surface area contributed by atoms with Crippen molar-refractivity contribution in [3.63, 3.8) is 0 Å². The maximum Gasteiger partial charge on any atom is 0.297 e. The number of para-hydroxylation sites is 1. The van der Waals surface area contributed by atoms with Crippen molar-refractivity contribution < 1.29 is 18.3 Å². The Bertz CT molecular complexity index is 1480. The number of ether oxygens (including phenoxy) is 2. The summed E-state index contributed by atoms with van der Waals surface area (Å²) >= 11 is 0. The number of rotatable bonds is 5. The number of oxazole rings is 1. The lowest BCUT2D eigenvalue weighted by atomic mass is 10.2. The van der Waals surface area contributed by atoms with Crippen molar-refractivity contribution in [3.05, 3.63) is 70.6 Å². The van der Waals surface area contributed by atoms with Crippen molar-refractivity contribution in [2.45, 2.75) is 13.5 Å². The molecule has 8 nitrogen and oxygen atoms in total. The third-order valence-corrected chi connectivity index (χ3v) is 5.19. The molecule has 0 fully saturated rings. The molecule has 2 aromatic carbocycles. The van der Waals surface area contributed by atoms with Crippen molar-refractivity contribution in [3.8, 4) is 23.0 Å². The molecular weight excluding hydrogens is 398 g/mol. The van der Waals surface area contributed by atoms with Crippen LogP contribution in [0, 0.1) is 6.92 Å². The quantitative estimate of drug-likeness (QED) is 0.424. The van der Waals surface area contributed by atoms with Gasteiger partial charge in [0.05, 0.1) is 27.1 Å². The highest BCUT2D eigenvalue weighted by atomic mass is 16.5. The molecule has 8 heteroatoms. The maximum absolute atomic E-state index is 13.0. The average molecular weight is 417 g/mol. The molecule has 0 atom stereocenters. The fourth-order valence-electron chi connectivity index (χ4n) is 3.56. The van der Waals surface area contributed by atoms with Crippen LogP contribution in [-0.4, -0.2) is 28.8 Å². The summed E-state index contributed by atoms with van der Waals surface area (Å²) in [6.45, 7) is 2.02. The number of benzene rings is 2. The van der Waals surface area contributed by atoms with Gasteiger partial charge in [-0.2, -0.15) is 0 Å². The highest BCUT2D eigenvalue weighted by Crippen LogP contribution is 2.32. The Balaban J connectivity index is 1.52. The molecule has 5 aromatic rings. The standard InChI is InChI=1S/C23H19N3O5/c1-13-16(25-22(30-13)14-8-9-18(28-2)19(10-14)29-3)11-26-12-24-20-15-6-4-5-7-17(15)31-21(20)23(26)27/h4-10,12H,11H2,1-3H3. The number of hydrogen-bond donors (Lipinski definition) is 0. The van der Waals surface area contributed by atoms with Gasteiger partial charge in [0.15, 0.2) is 11.5 Å². The van der Waals surface area contributed by atoms with Crippen LogP contribution in [0.1, 0.15) is 11.5 Å². The topological polar surface area (TPSA) is 92.5 Å². The van der Waals surface area contributed by atoms with Gasteiger partial charge in [0.2, 0.25) is 11.5 Å². The van der Waals surface area contributed by atoms with Gasteiger partial charge in [-0.1, -0.05) is 12.1 Å². The van der Waals surface area contributed by atoms with Gasteiger partial charge in [0.25, 0.3) is 5.56 Å². The van der Waals surface area contributed by atoms with E-state index in [4.69, 9.17) is 18.3 Å². The van der Waals surface area contributed by atoms with E-state index in [0.717, 1.165) is 10.9 Å². The molecule has 0 bridgehead atoms. The number of nitrogens with zero attached hydrogens (tertiary/aromatic N) is 3. The fraction of sp³-hybridized carbons (Fsp3) is 0.174. The molecular formula is C23H19N3O5. The van der Waals surface area contributed by atoms with E-state index < -0.39 is 0 Å². The van der Waals surface area contributed by atoms with Gasteiger partial charge >= 0.3 is 0 Å². The van der Waals surface area contributed by atoms with Crippen LogP contribution in [0.4, 0.5) is 0 Å². The fourth-order valence-corrected chi connectivity index (χ4v) is 3.56. The summed E-state index contributed by atoms with van der Waals surface area (Å²) in [4.78, 5) is 22.0. The second-order valence-corrected chi connectivity index (χ2v) is 7.05. The molecule has 31 heavy (non-hydrogen) atoms. The van der Waals surface area contributed by atoms with Crippen LogP contribution >= 0.6 is 0 Å². The highest BCUT2D eigenvalue weighted by molar-refractivity contribution is 6.01. The Morgan fingerprint density at radius 3 is 2.65 bits per heavy atom. The van der Waals surface area contributed by atoms with Crippen molar-refractivity contribution in [2.75, 3.05) is 14.2 Å².